The number of fused-ring (bicyclic) bond motifs is 1. The Labute approximate surface area is 141 Å². The van der Waals surface area contributed by atoms with Gasteiger partial charge in [-0.3, -0.25) is 4.79 Å². The summed E-state index contributed by atoms with van der Waals surface area (Å²) in [5.74, 6) is -0.107. The quantitative estimate of drug-likeness (QED) is 0.838. The van der Waals surface area contributed by atoms with E-state index in [1.165, 1.54) is 5.57 Å². The maximum absolute atomic E-state index is 12.6. The van der Waals surface area contributed by atoms with Gasteiger partial charge < -0.3 is 10.6 Å². The first-order valence-electron chi connectivity index (χ1n) is 7.56. The van der Waals surface area contributed by atoms with Crippen LogP contribution in [0.25, 0.3) is 5.65 Å². The fraction of sp³-hybridized carbons (Fsp3) is 0.438. The molecule has 7 heteroatoms. The second-order valence-corrected chi connectivity index (χ2v) is 5.73. The van der Waals surface area contributed by atoms with Gasteiger partial charge >= 0.3 is 0 Å². The van der Waals surface area contributed by atoms with Crippen molar-refractivity contribution in [1.29, 1.82) is 0 Å². The van der Waals surface area contributed by atoms with E-state index in [0.717, 1.165) is 30.9 Å². The second-order valence-electron chi connectivity index (χ2n) is 5.73. The van der Waals surface area contributed by atoms with Gasteiger partial charge in [-0.05, 0) is 39.8 Å². The third-order valence-electron chi connectivity index (χ3n) is 3.93. The molecule has 2 aromatic heterocycles. The number of nitrogens with zero attached hydrogens (tertiary/aromatic N) is 3. The Bertz CT molecular complexity index is 765. The molecule has 0 aliphatic carbocycles. The van der Waals surface area contributed by atoms with Crippen molar-refractivity contribution in [3.63, 3.8) is 0 Å². The van der Waals surface area contributed by atoms with Gasteiger partial charge in [0, 0.05) is 24.5 Å². The van der Waals surface area contributed by atoms with Crippen molar-refractivity contribution in [1.82, 2.24) is 25.2 Å². The summed E-state index contributed by atoms with van der Waals surface area (Å²) >= 11 is 0. The second kappa shape index (κ2) is 7.10. The summed E-state index contributed by atoms with van der Waals surface area (Å²) in [6.07, 6.45) is 3.11. The van der Waals surface area contributed by atoms with Crippen LogP contribution in [0.5, 0.6) is 0 Å². The van der Waals surface area contributed by atoms with Gasteiger partial charge in [0.25, 0.3) is 5.91 Å². The van der Waals surface area contributed by atoms with Crippen molar-refractivity contribution in [2.75, 3.05) is 19.6 Å². The summed E-state index contributed by atoms with van der Waals surface area (Å²) in [6, 6.07) is 1.96. The topological polar surface area (TPSA) is 71.3 Å². The maximum atomic E-state index is 12.6. The Morgan fingerprint density at radius 3 is 2.87 bits per heavy atom. The van der Waals surface area contributed by atoms with Crippen LogP contribution in [0.1, 0.15) is 33.9 Å². The fourth-order valence-electron chi connectivity index (χ4n) is 2.81. The van der Waals surface area contributed by atoms with E-state index in [9.17, 15) is 4.79 Å². The van der Waals surface area contributed by atoms with Crippen LogP contribution in [0.2, 0.25) is 0 Å². The molecule has 0 aromatic carbocycles. The highest BCUT2D eigenvalue weighted by molar-refractivity contribution is 6.01. The van der Waals surface area contributed by atoms with E-state index in [1.54, 1.807) is 4.52 Å². The molecular formula is C16H22ClN5O. The molecule has 124 valence electrons. The Morgan fingerprint density at radius 1 is 1.39 bits per heavy atom. The summed E-state index contributed by atoms with van der Waals surface area (Å²) in [5.41, 5.74) is 5.04. The van der Waals surface area contributed by atoms with E-state index in [2.05, 4.69) is 26.8 Å². The molecule has 0 atom stereocenters. The first kappa shape index (κ1) is 17.4. The first-order chi connectivity index (χ1) is 10.6. The van der Waals surface area contributed by atoms with Crippen LogP contribution >= 0.6 is 12.4 Å². The summed E-state index contributed by atoms with van der Waals surface area (Å²) in [7, 11) is 0. The molecule has 2 aromatic rings. The lowest BCUT2D eigenvalue weighted by molar-refractivity contribution is 0.0957. The van der Waals surface area contributed by atoms with Crippen molar-refractivity contribution >= 4 is 24.0 Å². The van der Waals surface area contributed by atoms with Crippen molar-refractivity contribution < 1.29 is 4.79 Å². The van der Waals surface area contributed by atoms with Gasteiger partial charge in [0.15, 0.2) is 5.65 Å². The monoisotopic (exact) mass is 335 g/mol. The summed E-state index contributed by atoms with van der Waals surface area (Å²) in [5, 5.41) is 10.7. The highest BCUT2D eigenvalue weighted by atomic mass is 35.5. The summed E-state index contributed by atoms with van der Waals surface area (Å²) < 4.78 is 1.74. The Morgan fingerprint density at radius 2 is 2.17 bits per heavy atom. The van der Waals surface area contributed by atoms with Crippen LogP contribution in [-0.2, 0) is 0 Å². The average Bonchev–Trinajstić information content (AvgIpc) is 2.82. The molecule has 0 radical (unpaired) electrons. The molecule has 2 N–H and O–H groups in total. The van der Waals surface area contributed by atoms with Crippen LogP contribution < -0.4 is 10.6 Å². The minimum Gasteiger partial charge on any atom is -0.348 e. The Balaban J connectivity index is 0.00000192. The number of aryl methyl sites for hydroxylation is 3. The van der Waals surface area contributed by atoms with Gasteiger partial charge in [-0.15, -0.1) is 12.4 Å². The van der Waals surface area contributed by atoms with Gasteiger partial charge in [-0.1, -0.05) is 11.6 Å². The molecule has 0 spiro atoms. The highest BCUT2D eigenvalue weighted by Gasteiger charge is 2.19. The van der Waals surface area contributed by atoms with Crippen molar-refractivity contribution in [2.24, 2.45) is 0 Å². The van der Waals surface area contributed by atoms with E-state index in [-0.39, 0.29) is 18.3 Å². The van der Waals surface area contributed by atoms with E-state index in [1.807, 2.05) is 26.8 Å². The van der Waals surface area contributed by atoms with Crippen molar-refractivity contribution in [3.05, 3.63) is 40.4 Å². The Kier molecular flexibility index (Phi) is 5.38. The molecule has 1 amide bonds. The lowest BCUT2D eigenvalue weighted by atomic mass is 10.1. The zero-order valence-electron chi connectivity index (χ0n) is 13.6. The van der Waals surface area contributed by atoms with Gasteiger partial charge in [0.05, 0.1) is 5.69 Å². The molecule has 0 unspecified atom stereocenters. The molecule has 1 aliphatic rings. The van der Waals surface area contributed by atoms with Crippen LogP contribution in [0.4, 0.5) is 0 Å². The number of nitrogens with one attached hydrogen (secondary N) is 2. The normalized spacial score (nSPS) is 14.3. The summed E-state index contributed by atoms with van der Waals surface area (Å²) in [4.78, 5) is 17.0. The molecular weight excluding hydrogens is 314 g/mol. The molecule has 3 rings (SSSR count). The average molecular weight is 336 g/mol. The lowest BCUT2D eigenvalue weighted by Crippen LogP contribution is -2.30. The van der Waals surface area contributed by atoms with E-state index in [0.29, 0.717) is 23.4 Å². The molecule has 0 saturated carbocycles. The third kappa shape index (κ3) is 3.54. The fourth-order valence-corrected chi connectivity index (χ4v) is 2.81. The van der Waals surface area contributed by atoms with E-state index >= 15 is 0 Å². The minimum absolute atomic E-state index is 0. The number of hydrogen-bond acceptors (Lipinski definition) is 4. The van der Waals surface area contributed by atoms with Crippen LogP contribution in [0.15, 0.2) is 17.7 Å². The zero-order chi connectivity index (χ0) is 15.7. The maximum Gasteiger partial charge on any atom is 0.257 e. The largest absolute Gasteiger partial charge is 0.348 e. The number of carbonyl (C=O) groups is 1. The number of hydrogen-bond donors (Lipinski definition) is 2. The van der Waals surface area contributed by atoms with Crippen molar-refractivity contribution in [3.8, 4) is 0 Å². The highest BCUT2D eigenvalue weighted by Crippen LogP contribution is 2.16. The van der Waals surface area contributed by atoms with Crippen molar-refractivity contribution in [2.45, 2.75) is 27.2 Å². The molecule has 3 heterocycles. The van der Waals surface area contributed by atoms with Gasteiger partial charge in [-0.2, -0.15) is 5.10 Å². The summed E-state index contributed by atoms with van der Waals surface area (Å²) in [6.45, 7) is 8.18. The molecule has 0 bridgehead atoms. The lowest BCUT2D eigenvalue weighted by Gasteiger charge is -2.14. The molecule has 0 fully saturated rings. The minimum atomic E-state index is -0.107. The third-order valence-corrected chi connectivity index (χ3v) is 3.93. The number of rotatable bonds is 3. The molecule has 6 nitrogen and oxygen atoms in total. The van der Waals surface area contributed by atoms with E-state index in [4.69, 9.17) is 0 Å². The predicted octanol–water partition coefficient (Wildman–Crippen LogP) is 1.73. The van der Waals surface area contributed by atoms with Crippen LogP contribution in [0.3, 0.4) is 0 Å². The number of halogens is 1. The number of carbonyl (C=O) groups excluding carboxylic acids is 1. The molecule has 23 heavy (non-hydrogen) atoms. The first-order valence-corrected chi connectivity index (χ1v) is 7.56. The molecule has 0 saturated heterocycles. The SMILES string of the molecule is Cc1cc(C)n2nc(C)c(C(=O)NCC3=CCNCC3)c2n1.Cl. The molecule has 1 aliphatic heterocycles. The number of aromatic nitrogens is 3. The van der Waals surface area contributed by atoms with Gasteiger partial charge in [-0.25, -0.2) is 9.50 Å². The van der Waals surface area contributed by atoms with Gasteiger partial charge in [0.2, 0.25) is 0 Å². The Hall–Kier alpha value is -1.92. The van der Waals surface area contributed by atoms with E-state index < -0.39 is 0 Å². The smallest absolute Gasteiger partial charge is 0.257 e. The van der Waals surface area contributed by atoms with Gasteiger partial charge in [0.1, 0.15) is 5.56 Å². The van der Waals surface area contributed by atoms with Crippen LogP contribution in [-0.4, -0.2) is 40.1 Å². The standard InChI is InChI=1S/C16H21N5O.ClH/c1-10-8-11(2)21-15(19-10)14(12(3)20-21)16(22)18-9-13-4-6-17-7-5-13;/h4,8,17H,5-7,9H2,1-3H3,(H,18,22);1H. The zero-order valence-corrected chi connectivity index (χ0v) is 14.5. The predicted molar refractivity (Wildman–Crippen MR) is 92.3 cm³/mol. The number of amides is 1. The van der Waals surface area contributed by atoms with Crippen LogP contribution in [0, 0.1) is 20.8 Å².